The third-order valence-corrected chi connectivity index (χ3v) is 5.51. The first-order chi connectivity index (χ1) is 6.53. The summed E-state index contributed by atoms with van der Waals surface area (Å²) in [6.07, 6.45) is 2.50. The lowest BCUT2D eigenvalue weighted by Crippen LogP contribution is -2.17. The Balaban J connectivity index is 3.25. The fourth-order valence-corrected chi connectivity index (χ4v) is 3.12. The molecule has 4 heteroatoms. The van der Waals surface area contributed by atoms with E-state index in [1.165, 1.54) is 6.07 Å². The van der Waals surface area contributed by atoms with Gasteiger partial charge in [0.05, 0.1) is 0 Å². The largest absolute Gasteiger partial charge is 0.317 e. The van der Waals surface area contributed by atoms with Crippen molar-refractivity contribution in [3.05, 3.63) is 23.6 Å². The predicted octanol–water partition coefficient (Wildman–Crippen LogP) is 2.56. The highest BCUT2D eigenvalue weighted by molar-refractivity contribution is 7.71. The summed E-state index contributed by atoms with van der Waals surface area (Å²) in [6, 6.07) is 1.39. The molecule has 0 fully saturated rings. The highest BCUT2D eigenvalue weighted by Crippen LogP contribution is 2.43. The SMILES string of the molecule is CCP(=O)(CC)c1ncc(C)cc1F. The number of nitrogens with zero attached hydrogens (tertiary/aromatic N) is 1. The molecule has 0 atom stereocenters. The van der Waals surface area contributed by atoms with Crippen LogP contribution in [0.1, 0.15) is 19.4 Å². The van der Waals surface area contributed by atoms with E-state index in [9.17, 15) is 8.96 Å². The van der Waals surface area contributed by atoms with Crippen molar-refractivity contribution in [2.24, 2.45) is 0 Å². The third kappa shape index (κ3) is 2.03. The molecule has 1 rings (SSSR count). The number of aryl methyl sites for hydroxylation is 1. The molecule has 0 bridgehead atoms. The van der Waals surface area contributed by atoms with Crippen LogP contribution in [0.4, 0.5) is 4.39 Å². The van der Waals surface area contributed by atoms with Crippen LogP contribution < -0.4 is 5.44 Å². The zero-order chi connectivity index (χ0) is 10.8. The molecule has 1 aromatic rings. The minimum Gasteiger partial charge on any atom is -0.317 e. The molecular formula is C10H15FNOP. The highest BCUT2D eigenvalue weighted by Gasteiger charge is 2.25. The molecule has 0 N–H and O–H groups in total. The summed E-state index contributed by atoms with van der Waals surface area (Å²) in [5.41, 5.74) is 0.915. The molecule has 0 aromatic carbocycles. The van der Waals surface area contributed by atoms with E-state index in [1.54, 1.807) is 13.1 Å². The van der Waals surface area contributed by atoms with Crippen LogP contribution in [0.25, 0.3) is 0 Å². The Morgan fingerprint density at radius 1 is 1.43 bits per heavy atom. The van der Waals surface area contributed by atoms with Gasteiger partial charge in [-0.15, -0.1) is 0 Å². The van der Waals surface area contributed by atoms with Crippen LogP contribution in [-0.2, 0) is 4.57 Å². The van der Waals surface area contributed by atoms with Crippen molar-refractivity contribution < 1.29 is 8.96 Å². The van der Waals surface area contributed by atoms with Gasteiger partial charge in [-0.2, -0.15) is 0 Å². The standard InChI is InChI=1S/C10H15FNOP/c1-4-14(13,5-2)10-9(11)6-8(3)7-12-10/h6-7H,4-5H2,1-3H3. The Kier molecular flexibility index (Phi) is 3.43. The lowest BCUT2D eigenvalue weighted by molar-refractivity contribution is 0.577. The fourth-order valence-electron chi connectivity index (χ4n) is 1.35. The van der Waals surface area contributed by atoms with E-state index in [0.717, 1.165) is 5.56 Å². The number of hydrogen-bond acceptors (Lipinski definition) is 2. The Hall–Kier alpha value is -0.690. The molecule has 2 nitrogen and oxygen atoms in total. The molecule has 0 saturated carbocycles. The monoisotopic (exact) mass is 215 g/mol. The van der Waals surface area contributed by atoms with Crippen LogP contribution >= 0.6 is 7.14 Å². The topological polar surface area (TPSA) is 30.0 Å². The molecule has 0 aliphatic carbocycles. The van der Waals surface area contributed by atoms with Crippen LogP contribution in [0.3, 0.4) is 0 Å². The second-order valence-electron chi connectivity index (χ2n) is 3.34. The number of halogens is 1. The Morgan fingerprint density at radius 3 is 2.43 bits per heavy atom. The van der Waals surface area contributed by atoms with Crippen LogP contribution in [0, 0.1) is 12.7 Å². The third-order valence-electron chi connectivity index (χ3n) is 2.37. The quantitative estimate of drug-likeness (QED) is 0.725. The van der Waals surface area contributed by atoms with Crippen LogP contribution in [-0.4, -0.2) is 17.3 Å². The van der Waals surface area contributed by atoms with E-state index in [0.29, 0.717) is 12.3 Å². The van der Waals surface area contributed by atoms with Gasteiger partial charge < -0.3 is 4.57 Å². The molecule has 14 heavy (non-hydrogen) atoms. The highest BCUT2D eigenvalue weighted by atomic mass is 31.2. The van der Waals surface area contributed by atoms with Gasteiger partial charge in [0.25, 0.3) is 0 Å². The van der Waals surface area contributed by atoms with Gasteiger partial charge in [0, 0.05) is 18.5 Å². The predicted molar refractivity (Wildman–Crippen MR) is 57.3 cm³/mol. The van der Waals surface area contributed by atoms with Crippen molar-refractivity contribution in [2.75, 3.05) is 12.3 Å². The summed E-state index contributed by atoms with van der Waals surface area (Å²) in [4.78, 5) is 3.95. The fraction of sp³-hybridized carbons (Fsp3) is 0.500. The summed E-state index contributed by atoms with van der Waals surface area (Å²) < 4.78 is 25.7. The van der Waals surface area contributed by atoms with Crippen molar-refractivity contribution in [3.8, 4) is 0 Å². The summed E-state index contributed by atoms with van der Waals surface area (Å²) in [7, 11) is -2.58. The van der Waals surface area contributed by atoms with E-state index in [-0.39, 0.29) is 5.44 Å². The molecule has 0 saturated heterocycles. The molecule has 1 heterocycles. The molecule has 0 aliphatic rings. The molecule has 0 spiro atoms. The van der Waals surface area contributed by atoms with Crippen LogP contribution in [0.5, 0.6) is 0 Å². The molecule has 78 valence electrons. The molecule has 0 amide bonds. The first-order valence-corrected chi connectivity index (χ1v) is 6.82. The first-order valence-electron chi connectivity index (χ1n) is 4.74. The van der Waals surface area contributed by atoms with Gasteiger partial charge in [0.15, 0.2) is 5.82 Å². The minimum absolute atomic E-state index is 0.160. The van der Waals surface area contributed by atoms with E-state index in [2.05, 4.69) is 4.98 Å². The summed E-state index contributed by atoms with van der Waals surface area (Å²) >= 11 is 0. The molecule has 1 aromatic heterocycles. The van der Waals surface area contributed by atoms with Gasteiger partial charge in [-0.05, 0) is 18.6 Å². The van der Waals surface area contributed by atoms with Gasteiger partial charge in [0.1, 0.15) is 12.6 Å². The van der Waals surface area contributed by atoms with E-state index < -0.39 is 13.0 Å². The van der Waals surface area contributed by atoms with Crippen molar-refractivity contribution in [1.82, 2.24) is 4.98 Å². The molecule has 0 radical (unpaired) electrons. The minimum atomic E-state index is -2.58. The Labute approximate surface area is 83.9 Å². The summed E-state index contributed by atoms with van der Waals surface area (Å²) in [6.45, 7) is 5.39. The van der Waals surface area contributed by atoms with Gasteiger partial charge in [-0.1, -0.05) is 13.8 Å². The maximum atomic E-state index is 13.5. The zero-order valence-electron chi connectivity index (χ0n) is 8.75. The van der Waals surface area contributed by atoms with Crippen LogP contribution in [0.15, 0.2) is 12.3 Å². The van der Waals surface area contributed by atoms with Crippen molar-refractivity contribution in [2.45, 2.75) is 20.8 Å². The molecule has 0 aliphatic heterocycles. The number of aromatic nitrogens is 1. The normalized spacial score (nSPS) is 11.7. The van der Waals surface area contributed by atoms with E-state index >= 15 is 0 Å². The second-order valence-corrected chi connectivity index (χ2v) is 6.81. The van der Waals surface area contributed by atoms with Gasteiger partial charge in [0.2, 0.25) is 0 Å². The number of pyridine rings is 1. The van der Waals surface area contributed by atoms with Crippen molar-refractivity contribution >= 4 is 12.6 Å². The summed E-state index contributed by atoms with van der Waals surface area (Å²) in [5.74, 6) is -0.433. The second kappa shape index (κ2) is 4.22. The molecule has 0 unspecified atom stereocenters. The number of hydrogen-bond donors (Lipinski definition) is 0. The number of rotatable bonds is 3. The van der Waals surface area contributed by atoms with Gasteiger partial charge in [-0.3, -0.25) is 0 Å². The zero-order valence-corrected chi connectivity index (χ0v) is 9.64. The smallest absolute Gasteiger partial charge is 0.152 e. The van der Waals surface area contributed by atoms with E-state index in [4.69, 9.17) is 0 Å². The van der Waals surface area contributed by atoms with Crippen molar-refractivity contribution in [3.63, 3.8) is 0 Å². The average Bonchev–Trinajstić information content (AvgIpc) is 2.17. The van der Waals surface area contributed by atoms with Gasteiger partial charge in [-0.25, -0.2) is 9.37 Å². The Bertz CT molecular complexity index is 370. The molecular weight excluding hydrogens is 200 g/mol. The maximum Gasteiger partial charge on any atom is 0.152 e. The average molecular weight is 215 g/mol. The Morgan fingerprint density at radius 2 is 2.00 bits per heavy atom. The van der Waals surface area contributed by atoms with Crippen molar-refractivity contribution in [1.29, 1.82) is 0 Å². The van der Waals surface area contributed by atoms with E-state index in [1.807, 2.05) is 13.8 Å². The summed E-state index contributed by atoms with van der Waals surface area (Å²) in [5, 5.41) is 0. The maximum absolute atomic E-state index is 13.5. The first kappa shape index (κ1) is 11.4. The van der Waals surface area contributed by atoms with Gasteiger partial charge >= 0.3 is 0 Å². The lowest BCUT2D eigenvalue weighted by Gasteiger charge is -2.14. The van der Waals surface area contributed by atoms with Crippen LogP contribution in [0.2, 0.25) is 0 Å². The lowest BCUT2D eigenvalue weighted by atomic mass is 10.3.